The summed E-state index contributed by atoms with van der Waals surface area (Å²) in [5.74, 6) is -2.26. The van der Waals surface area contributed by atoms with Gasteiger partial charge in [0.2, 0.25) is 5.88 Å². The SMILES string of the molecule is COc1nccc2ccc(F)c(-c3nc4c(cc3F)c(N3C[C@@H](C)N(C(=O)OC(C)(C)C)C[C@@H]3CCl)c([N+](=O)[O-])c(=O)n4-c3c(C)ccnc3C(C)C)c12. The van der Waals surface area contributed by atoms with Gasteiger partial charge in [-0.05, 0) is 75.8 Å². The second-order valence-electron chi connectivity index (χ2n) is 14.6. The molecule has 6 rings (SSSR count). The fourth-order valence-electron chi connectivity index (χ4n) is 7.00. The van der Waals surface area contributed by atoms with Crippen molar-refractivity contribution in [1.82, 2.24) is 24.4 Å². The molecule has 0 spiro atoms. The van der Waals surface area contributed by atoms with E-state index in [9.17, 15) is 19.7 Å². The lowest BCUT2D eigenvalue weighted by Gasteiger charge is -2.45. The zero-order chi connectivity index (χ0) is 39.4. The molecule has 0 radical (unpaired) electrons. The highest BCUT2D eigenvalue weighted by Crippen LogP contribution is 2.42. The van der Waals surface area contributed by atoms with Crippen molar-refractivity contribution in [2.45, 2.75) is 72.1 Å². The van der Waals surface area contributed by atoms with E-state index in [4.69, 9.17) is 21.1 Å². The number of halogens is 3. The first-order chi connectivity index (χ1) is 25.5. The number of nitrogens with zero attached hydrogens (tertiary/aromatic N) is 7. The summed E-state index contributed by atoms with van der Waals surface area (Å²) in [5, 5.41) is 13.6. The molecule has 1 fully saturated rings. The van der Waals surface area contributed by atoms with Gasteiger partial charge < -0.3 is 19.3 Å². The second kappa shape index (κ2) is 14.4. The van der Waals surface area contributed by atoms with Gasteiger partial charge in [-0.1, -0.05) is 19.9 Å². The average Bonchev–Trinajstić information content (AvgIpc) is 3.10. The van der Waals surface area contributed by atoms with Crippen molar-refractivity contribution in [1.29, 1.82) is 0 Å². The predicted octanol–water partition coefficient (Wildman–Crippen LogP) is 7.68. The van der Waals surface area contributed by atoms with E-state index in [-0.39, 0.29) is 64.1 Å². The van der Waals surface area contributed by atoms with Crippen LogP contribution >= 0.6 is 11.6 Å². The van der Waals surface area contributed by atoms with Crippen molar-refractivity contribution in [2.75, 3.05) is 31.0 Å². The molecule has 0 bridgehead atoms. The van der Waals surface area contributed by atoms with Gasteiger partial charge in [0, 0.05) is 37.4 Å². The van der Waals surface area contributed by atoms with E-state index in [0.29, 0.717) is 16.6 Å². The molecule has 1 aromatic carbocycles. The molecule has 5 aromatic rings. The summed E-state index contributed by atoms with van der Waals surface area (Å²) in [6.07, 6.45) is 2.42. The molecule has 13 nitrogen and oxygen atoms in total. The Labute approximate surface area is 314 Å². The van der Waals surface area contributed by atoms with E-state index >= 15 is 8.78 Å². The van der Waals surface area contributed by atoms with E-state index in [1.165, 1.54) is 24.3 Å². The van der Waals surface area contributed by atoms with Crippen LogP contribution in [0.15, 0.2) is 47.5 Å². The Morgan fingerprint density at radius 2 is 1.80 bits per heavy atom. The summed E-state index contributed by atoms with van der Waals surface area (Å²) in [7, 11) is 1.35. The average molecular weight is 764 g/mol. The van der Waals surface area contributed by atoms with Crippen molar-refractivity contribution in [3.63, 3.8) is 0 Å². The van der Waals surface area contributed by atoms with Gasteiger partial charge in [-0.25, -0.2) is 23.5 Å². The highest BCUT2D eigenvalue weighted by Gasteiger charge is 2.41. The number of carbonyl (C=O) groups is 1. The zero-order valence-corrected chi connectivity index (χ0v) is 31.9. The monoisotopic (exact) mass is 763 g/mol. The quantitative estimate of drug-likeness (QED) is 0.0919. The number of amides is 1. The Hall–Kier alpha value is -5.44. The number of alkyl halides is 1. The lowest BCUT2D eigenvalue weighted by atomic mass is 10.00. The molecule has 1 aliphatic heterocycles. The molecule has 16 heteroatoms. The maximum atomic E-state index is 16.9. The summed E-state index contributed by atoms with van der Waals surface area (Å²) in [4.78, 5) is 56.8. The molecule has 284 valence electrons. The van der Waals surface area contributed by atoms with Crippen LogP contribution in [0.25, 0.3) is 38.8 Å². The molecular weight excluding hydrogens is 724 g/mol. The number of rotatable bonds is 7. The fraction of sp³-hybridized carbons (Fsp3) is 0.395. The summed E-state index contributed by atoms with van der Waals surface area (Å²) in [6, 6.07) is 5.55. The molecule has 5 heterocycles. The van der Waals surface area contributed by atoms with E-state index in [2.05, 4.69) is 15.0 Å². The first-order valence-electron chi connectivity index (χ1n) is 17.3. The van der Waals surface area contributed by atoms with E-state index < -0.39 is 57.3 Å². The number of aryl methyl sites for hydroxylation is 1. The smallest absolute Gasteiger partial charge is 0.410 e. The third kappa shape index (κ3) is 6.65. The summed E-state index contributed by atoms with van der Waals surface area (Å²) in [5.41, 5.74) is -2.73. The van der Waals surface area contributed by atoms with Gasteiger partial charge >= 0.3 is 17.3 Å². The molecule has 2 atom stereocenters. The van der Waals surface area contributed by atoms with Crippen LogP contribution < -0.4 is 15.2 Å². The minimum atomic E-state index is -1.07. The molecule has 0 unspecified atom stereocenters. The number of fused-ring (bicyclic) bond motifs is 2. The zero-order valence-electron chi connectivity index (χ0n) is 31.1. The number of hydrogen-bond donors (Lipinski definition) is 0. The molecule has 0 saturated carbocycles. The van der Waals surface area contributed by atoms with E-state index in [1.807, 2.05) is 13.8 Å². The lowest BCUT2D eigenvalue weighted by Crippen LogP contribution is -2.60. The molecule has 1 saturated heterocycles. The van der Waals surface area contributed by atoms with Gasteiger partial charge in [-0.3, -0.25) is 24.5 Å². The van der Waals surface area contributed by atoms with Crippen molar-refractivity contribution in [3.05, 3.63) is 86.1 Å². The maximum absolute atomic E-state index is 16.9. The highest BCUT2D eigenvalue weighted by molar-refractivity contribution is 6.18. The van der Waals surface area contributed by atoms with Gasteiger partial charge in [0.1, 0.15) is 28.6 Å². The van der Waals surface area contributed by atoms with Crippen LogP contribution in [-0.4, -0.2) is 79.2 Å². The standard InChI is InChI=1S/C38H40ClF2N7O6/c1-19(2)29-31(20(3)11-13-42-29)47-34-24(15-26(41)30(44-34)28-25(40)10-9-22-12-14-43-35(53-8)27(22)28)32(33(36(47)49)48(51)52)46-17-21(4)45(18-23(46)16-39)37(50)54-38(5,6)7/h9-15,19,21,23H,16-18H2,1-8H3/t21-,23+/m1/s1. The Kier molecular flexibility index (Phi) is 10.2. The second-order valence-corrected chi connectivity index (χ2v) is 14.9. The van der Waals surface area contributed by atoms with Crippen LogP contribution in [-0.2, 0) is 4.74 Å². The minimum absolute atomic E-state index is 0.0112. The Morgan fingerprint density at radius 3 is 2.43 bits per heavy atom. The number of anilines is 1. The molecule has 4 aromatic heterocycles. The van der Waals surface area contributed by atoms with Crippen molar-refractivity contribution in [3.8, 4) is 22.8 Å². The number of hydrogen-bond acceptors (Lipinski definition) is 10. The van der Waals surface area contributed by atoms with Gasteiger partial charge in [-0.15, -0.1) is 11.6 Å². The molecule has 54 heavy (non-hydrogen) atoms. The first-order valence-corrected chi connectivity index (χ1v) is 17.9. The van der Waals surface area contributed by atoms with E-state index in [1.54, 1.807) is 57.8 Å². The van der Waals surface area contributed by atoms with Crippen LogP contribution in [0.4, 0.5) is 25.0 Å². The van der Waals surface area contributed by atoms with Crippen molar-refractivity contribution >= 4 is 50.9 Å². The number of aromatic nitrogens is 4. The third-order valence-corrected chi connectivity index (χ3v) is 9.73. The highest BCUT2D eigenvalue weighted by atomic mass is 35.5. The van der Waals surface area contributed by atoms with Crippen LogP contribution in [0.2, 0.25) is 0 Å². The van der Waals surface area contributed by atoms with Crippen LogP contribution in [0.1, 0.15) is 58.7 Å². The fourth-order valence-corrected chi connectivity index (χ4v) is 7.26. The Balaban J connectivity index is 1.74. The summed E-state index contributed by atoms with van der Waals surface area (Å²) >= 11 is 6.51. The number of piperazine rings is 1. The van der Waals surface area contributed by atoms with Gasteiger partial charge in [-0.2, -0.15) is 0 Å². The van der Waals surface area contributed by atoms with Crippen molar-refractivity contribution in [2.24, 2.45) is 0 Å². The number of nitro groups is 1. The van der Waals surface area contributed by atoms with Crippen LogP contribution in [0.5, 0.6) is 5.88 Å². The van der Waals surface area contributed by atoms with E-state index in [0.717, 1.165) is 16.7 Å². The lowest BCUT2D eigenvalue weighted by molar-refractivity contribution is -0.385. The van der Waals surface area contributed by atoms with Crippen LogP contribution in [0, 0.1) is 28.7 Å². The number of pyridine rings is 4. The maximum Gasteiger partial charge on any atom is 0.410 e. The number of carbonyl (C=O) groups excluding carboxylic acids is 1. The molecule has 1 aliphatic rings. The van der Waals surface area contributed by atoms with Gasteiger partial charge in [0.15, 0.2) is 5.65 Å². The predicted molar refractivity (Wildman–Crippen MR) is 202 cm³/mol. The number of benzene rings is 1. The number of ether oxygens (including phenoxy) is 2. The molecule has 0 aliphatic carbocycles. The summed E-state index contributed by atoms with van der Waals surface area (Å²) < 4.78 is 45.0. The topological polar surface area (TPSA) is 146 Å². The van der Waals surface area contributed by atoms with Gasteiger partial charge in [0.25, 0.3) is 0 Å². The first kappa shape index (κ1) is 38.3. The molecular formula is C38H40ClF2N7O6. The van der Waals surface area contributed by atoms with Gasteiger partial charge in [0.05, 0.1) is 45.8 Å². The normalized spacial score (nSPS) is 16.4. The largest absolute Gasteiger partial charge is 0.481 e. The Morgan fingerprint density at radius 1 is 1.09 bits per heavy atom. The summed E-state index contributed by atoms with van der Waals surface area (Å²) in [6.45, 7) is 12.3. The van der Waals surface area contributed by atoms with Crippen molar-refractivity contribution < 1.29 is 28.0 Å². The Bertz CT molecular complexity index is 2380. The van der Waals surface area contributed by atoms with Crippen LogP contribution in [0.3, 0.4) is 0 Å². The number of methoxy groups -OCH3 is 1. The minimum Gasteiger partial charge on any atom is -0.481 e. The third-order valence-electron chi connectivity index (χ3n) is 9.37. The molecule has 1 amide bonds. The molecule has 0 N–H and O–H groups in total.